The molecule has 148 valence electrons. The first kappa shape index (κ1) is 20.2. The number of halogens is 1. The van der Waals surface area contributed by atoms with Crippen LogP contribution in [-0.4, -0.2) is 34.6 Å². The van der Waals surface area contributed by atoms with E-state index in [0.29, 0.717) is 27.5 Å². The summed E-state index contributed by atoms with van der Waals surface area (Å²) in [5, 5.41) is 2.80. The highest BCUT2D eigenvalue weighted by molar-refractivity contribution is 6.45. The lowest BCUT2D eigenvalue weighted by molar-refractivity contribution is -0.138. The van der Waals surface area contributed by atoms with Crippen molar-refractivity contribution < 1.29 is 19.1 Å². The van der Waals surface area contributed by atoms with Crippen LogP contribution in [0.5, 0.6) is 5.75 Å². The summed E-state index contributed by atoms with van der Waals surface area (Å²) in [7, 11) is 1.46. The lowest BCUT2D eigenvalue weighted by Gasteiger charge is -2.13. The molecule has 2 aromatic carbocycles. The monoisotopic (exact) mass is 413 g/mol. The molecule has 1 heterocycles. The van der Waals surface area contributed by atoms with Gasteiger partial charge in [0.25, 0.3) is 11.5 Å². The highest BCUT2D eigenvalue weighted by atomic mass is 35.5. The van der Waals surface area contributed by atoms with Crippen molar-refractivity contribution in [3.8, 4) is 5.75 Å². The summed E-state index contributed by atoms with van der Waals surface area (Å²) < 4.78 is 5.06. The minimum absolute atomic E-state index is 0.306. The molecule has 1 amide bonds. The number of fused-ring (bicyclic) bond motifs is 1. The van der Waals surface area contributed by atoms with Gasteiger partial charge in [0.15, 0.2) is 0 Å². The zero-order valence-corrected chi connectivity index (χ0v) is 16.2. The zero-order valence-electron chi connectivity index (χ0n) is 15.5. The van der Waals surface area contributed by atoms with Gasteiger partial charge in [-0.25, -0.2) is 4.98 Å². The molecule has 0 saturated heterocycles. The second kappa shape index (κ2) is 8.24. The summed E-state index contributed by atoms with van der Waals surface area (Å²) in [5.74, 6) is -3.97. The molecule has 2 N–H and O–H groups in total. The number of ketones is 2. The van der Waals surface area contributed by atoms with E-state index in [0.717, 1.165) is 6.92 Å². The maximum absolute atomic E-state index is 12.7. The number of carbonyl (C=O) groups excluding carboxylic acids is 3. The third-order valence-corrected chi connectivity index (χ3v) is 4.41. The highest BCUT2D eigenvalue weighted by Crippen LogP contribution is 2.20. The van der Waals surface area contributed by atoms with Crippen LogP contribution in [-0.2, 0) is 14.4 Å². The average molecular weight is 414 g/mol. The molecule has 3 aromatic rings. The van der Waals surface area contributed by atoms with Crippen LogP contribution >= 0.6 is 11.6 Å². The Balaban J connectivity index is 1.96. The van der Waals surface area contributed by atoms with E-state index in [4.69, 9.17) is 16.3 Å². The number of nitrogens with one attached hydrogen (secondary N) is 2. The van der Waals surface area contributed by atoms with Crippen LogP contribution < -0.4 is 15.6 Å². The van der Waals surface area contributed by atoms with Crippen LogP contribution in [0.15, 0.2) is 47.3 Å². The van der Waals surface area contributed by atoms with Crippen molar-refractivity contribution in [1.29, 1.82) is 0 Å². The summed E-state index contributed by atoms with van der Waals surface area (Å²) in [6, 6.07) is 11.0. The summed E-state index contributed by atoms with van der Waals surface area (Å²) in [6.07, 6.45) is 0. The van der Waals surface area contributed by atoms with Gasteiger partial charge in [-0.15, -0.1) is 0 Å². The van der Waals surface area contributed by atoms with Crippen molar-refractivity contribution in [2.24, 2.45) is 0 Å². The minimum atomic E-state index is -1.63. The molecule has 1 aromatic heterocycles. The van der Waals surface area contributed by atoms with E-state index in [-0.39, 0.29) is 5.69 Å². The van der Waals surface area contributed by atoms with E-state index in [1.165, 1.54) is 25.3 Å². The smallest absolute Gasteiger partial charge is 0.292 e. The summed E-state index contributed by atoms with van der Waals surface area (Å²) in [5.41, 5.74) is -0.112. The Labute approximate surface area is 169 Å². The van der Waals surface area contributed by atoms with Crippen LogP contribution in [0.25, 0.3) is 11.0 Å². The van der Waals surface area contributed by atoms with E-state index >= 15 is 0 Å². The van der Waals surface area contributed by atoms with Gasteiger partial charge >= 0.3 is 0 Å². The highest BCUT2D eigenvalue weighted by Gasteiger charge is 2.34. The van der Waals surface area contributed by atoms with Crippen LogP contribution in [0, 0.1) is 0 Å². The van der Waals surface area contributed by atoms with Crippen molar-refractivity contribution >= 4 is 45.8 Å². The zero-order chi connectivity index (χ0) is 21.1. The Kier molecular flexibility index (Phi) is 5.74. The molecule has 1 atom stereocenters. The maximum Gasteiger partial charge on any atom is 0.292 e. The van der Waals surface area contributed by atoms with Crippen LogP contribution in [0.1, 0.15) is 18.5 Å². The normalized spacial score (nSPS) is 11.7. The Morgan fingerprint density at radius 2 is 1.93 bits per heavy atom. The van der Waals surface area contributed by atoms with Gasteiger partial charge in [-0.3, -0.25) is 19.2 Å². The van der Waals surface area contributed by atoms with Gasteiger partial charge < -0.3 is 15.0 Å². The number of H-pyrrole nitrogens is 1. The number of Topliss-reactive ketones (excluding diaryl/α,β-unsaturated/α-hetero) is 2. The lowest BCUT2D eigenvalue weighted by Crippen LogP contribution is -2.35. The van der Waals surface area contributed by atoms with Gasteiger partial charge in [-0.05, 0) is 37.3 Å². The quantitative estimate of drug-likeness (QED) is 0.473. The largest absolute Gasteiger partial charge is 0.497 e. The second-order valence-electron chi connectivity index (χ2n) is 6.21. The number of aromatic nitrogens is 2. The SMILES string of the molecule is COc1cccc(NC(=O)C(=O)[C@H](C(C)=O)c2nc3ccc(Cl)cc3[nH]c2=O)c1. The molecule has 0 radical (unpaired) electrons. The number of methoxy groups -OCH3 is 1. The standard InChI is InChI=1S/C20H16ClN3O5/c1-10(25)16(17-19(27)24-15-8-11(21)6-7-14(15)23-17)18(26)20(28)22-12-4-3-5-13(9-12)29-2/h3-9,16H,1-2H3,(H,22,28)(H,24,27)/t16-/m1/s1. The second-order valence-corrected chi connectivity index (χ2v) is 6.64. The van der Waals surface area contributed by atoms with Crippen LogP contribution in [0.4, 0.5) is 5.69 Å². The molecule has 0 spiro atoms. The molecular weight excluding hydrogens is 398 g/mol. The Morgan fingerprint density at radius 1 is 1.17 bits per heavy atom. The fourth-order valence-corrected chi connectivity index (χ4v) is 2.97. The molecule has 0 unspecified atom stereocenters. The Bertz CT molecular complexity index is 1190. The summed E-state index contributed by atoms with van der Waals surface area (Å²) in [4.78, 5) is 56.4. The van der Waals surface area contributed by atoms with Gasteiger partial charge in [-0.1, -0.05) is 17.7 Å². The van der Waals surface area contributed by atoms with Gasteiger partial charge in [-0.2, -0.15) is 0 Å². The van der Waals surface area contributed by atoms with Crippen LogP contribution in [0.2, 0.25) is 5.02 Å². The number of ether oxygens (including phenoxy) is 1. The van der Waals surface area contributed by atoms with E-state index in [1.54, 1.807) is 24.3 Å². The van der Waals surface area contributed by atoms with Crippen molar-refractivity contribution in [2.45, 2.75) is 12.8 Å². The van der Waals surface area contributed by atoms with Gasteiger partial charge in [0.05, 0.1) is 18.1 Å². The molecule has 3 rings (SSSR count). The molecule has 9 heteroatoms. The molecule has 0 aliphatic rings. The predicted octanol–water partition coefficient (Wildman–Crippen LogP) is 2.47. The molecule has 0 fully saturated rings. The number of carbonyl (C=O) groups is 3. The summed E-state index contributed by atoms with van der Waals surface area (Å²) >= 11 is 5.89. The van der Waals surface area contributed by atoms with Crippen molar-refractivity contribution in [3.63, 3.8) is 0 Å². The molecule has 0 aliphatic carbocycles. The van der Waals surface area contributed by atoms with Gasteiger partial charge in [0.2, 0.25) is 5.78 Å². The number of rotatable bonds is 6. The van der Waals surface area contributed by atoms with Gasteiger partial charge in [0.1, 0.15) is 23.1 Å². The van der Waals surface area contributed by atoms with E-state index in [9.17, 15) is 19.2 Å². The van der Waals surface area contributed by atoms with E-state index in [1.807, 2.05) is 0 Å². The van der Waals surface area contributed by atoms with E-state index < -0.39 is 29.0 Å². The molecule has 0 aliphatic heterocycles. The summed E-state index contributed by atoms with van der Waals surface area (Å²) in [6.45, 7) is 1.12. The van der Waals surface area contributed by atoms with Crippen molar-refractivity contribution in [3.05, 3.63) is 63.5 Å². The Morgan fingerprint density at radius 3 is 2.62 bits per heavy atom. The molecule has 0 saturated carbocycles. The predicted molar refractivity (Wildman–Crippen MR) is 107 cm³/mol. The fourth-order valence-electron chi connectivity index (χ4n) is 2.79. The number of benzene rings is 2. The van der Waals surface area contributed by atoms with Crippen LogP contribution in [0.3, 0.4) is 0 Å². The average Bonchev–Trinajstić information content (AvgIpc) is 2.68. The fraction of sp³-hybridized carbons (Fsp3) is 0.150. The lowest BCUT2D eigenvalue weighted by atomic mass is 9.95. The first-order valence-corrected chi connectivity index (χ1v) is 8.87. The van der Waals surface area contributed by atoms with Gasteiger partial charge in [0, 0.05) is 16.8 Å². The number of anilines is 1. The van der Waals surface area contributed by atoms with Crippen molar-refractivity contribution in [1.82, 2.24) is 9.97 Å². The first-order valence-electron chi connectivity index (χ1n) is 8.49. The number of aromatic amines is 1. The molecule has 0 bridgehead atoms. The number of nitrogens with zero attached hydrogens (tertiary/aromatic N) is 1. The number of hydrogen-bond acceptors (Lipinski definition) is 6. The molecule has 8 nitrogen and oxygen atoms in total. The number of amides is 1. The van der Waals surface area contributed by atoms with Crippen molar-refractivity contribution in [2.75, 3.05) is 12.4 Å². The first-order chi connectivity index (χ1) is 13.8. The Hall–Kier alpha value is -3.52. The number of hydrogen-bond donors (Lipinski definition) is 2. The molecular formula is C20H16ClN3O5. The third-order valence-electron chi connectivity index (χ3n) is 4.17. The topological polar surface area (TPSA) is 118 Å². The molecule has 29 heavy (non-hydrogen) atoms. The third kappa shape index (κ3) is 4.33. The minimum Gasteiger partial charge on any atom is -0.497 e. The van der Waals surface area contributed by atoms with E-state index in [2.05, 4.69) is 15.3 Å². The maximum atomic E-state index is 12.7.